The first kappa shape index (κ1) is 13.7. The van der Waals surface area contributed by atoms with Crippen molar-refractivity contribution in [3.05, 3.63) is 23.8 Å². The number of nitrogens with one attached hydrogen (secondary N) is 1. The van der Waals surface area contributed by atoms with Crippen LogP contribution in [0.1, 0.15) is 44.2 Å². The Bertz CT molecular complexity index is 464. The van der Waals surface area contributed by atoms with Gasteiger partial charge in [0.25, 0.3) is 0 Å². The zero-order valence-corrected chi connectivity index (χ0v) is 12.1. The smallest absolute Gasteiger partial charge is 0.161 e. The van der Waals surface area contributed by atoms with Gasteiger partial charge in [-0.25, -0.2) is 0 Å². The van der Waals surface area contributed by atoms with Crippen LogP contribution < -0.4 is 20.7 Å². The number of hydrazine groups is 1. The molecule has 1 saturated carbocycles. The van der Waals surface area contributed by atoms with Gasteiger partial charge in [-0.15, -0.1) is 0 Å². The number of benzene rings is 1. The van der Waals surface area contributed by atoms with Crippen LogP contribution in [0.3, 0.4) is 0 Å². The highest BCUT2D eigenvalue weighted by molar-refractivity contribution is 5.44. The molecule has 3 atom stereocenters. The van der Waals surface area contributed by atoms with E-state index in [1.165, 1.54) is 24.8 Å². The Morgan fingerprint density at radius 2 is 1.95 bits per heavy atom. The molecule has 1 heterocycles. The quantitative estimate of drug-likeness (QED) is 0.658. The molecule has 20 heavy (non-hydrogen) atoms. The van der Waals surface area contributed by atoms with E-state index in [0.29, 0.717) is 11.8 Å². The zero-order valence-electron chi connectivity index (χ0n) is 12.1. The molecule has 1 aromatic carbocycles. The van der Waals surface area contributed by atoms with Crippen molar-refractivity contribution in [3.8, 4) is 11.5 Å². The summed E-state index contributed by atoms with van der Waals surface area (Å²) in [5.41, 5.74) is 4.22. The highest BCUT2D eigenvalue weighted by Gasteiger charge is 2.31. The lowest BCUT2D eigenvalue weighted by molar-refractivity contribution is 0.295. The van der Waals surface area contributed by atoms with Gasteiger partial charge >= 0.3 is 0 Å². The largest absolute Gasteiger partial charge is 0.490 e. The average Bonchev–Trinajstić information content (AvgIpc) is 2.75. The van der Waals surface area contributed by atoms with Gasteiger partial charge in [0, 0.05) is 12.5 Å². The fourth-order valence-corrected chi connectivity index (χ4v) is 3.51. The molecule has 110 valence electrons. The fraction of sp³-hybridized carbons (Fsp3) is 0.625. The summed E-state index contributed by atoms with van der Waals surface area (Å²) in [6.07, 6.45) is 4.77. The third-order valence-electron chi connectivity index (χ3n) is 4.67. The summed E-state index contributed by atoms with van der Waals surface area (Å²) in [6, 6.07) is 6.42. The Labute approximate surface area is 120 Å². The number of ether oxygens (including phenoxy) is 2. The van der Waals surface area contributed by atoms with Crippen LogP contribution in [0.4, 0.5) is 0 Å². The van der Waals surface area contributed by atoms with E-state index in [1.807, 2.05) is 6.07 Å². The molecular weight excluding hydrogens is 252 g/mol. The Morgan fingerprint density at radius 1 is 1.15 bits per heavy atom. The first-order valence-electron chi connectivity index (χ1n) is 7.65. The molecule has 3 unspecified atom stereocenters. The van der Waals surface area contributed by atoms with Crippen molar-refractivity contribution in [2.45, 2.75) is 38.6 Å². The van der Waals surface area contributed by atoms with Crippen LogP contribution in [0.15, 0.2) is 18.2 Å². The van der Waals surface area contributed by atoms with Gasteiger partial charge in [-0.3, -0.25) is 11.3 Å². The summed E-state index contributed by atoms with van der Waals surface area (Å²) in [7, 11) is 0. The third kappa shape index (κ3) is 2.63. The molecule has 0 saturated heterocycles. The molecule has 0 radical (unpaired) electrons. The maximum Gasteiger partial charge on any atom is 0.161 e. The van der Waals surface area contributed by atoms with Crippen LogP contribution in [0.25, 0.3) is 0 Å². The van der Waals surface area contributed by atoms with E-state index in [1.54, 1.807) is 0 Å². The molecule has 4 heteroatoms. The van der Waals surface area contributed by atoms with Gasteiger partial charge in [-0.05, 0) is 36.0 Å². The van der Waals surface area contributed by atoms with Gasteiger partial charge in [0.1, 0.15) is 0 Å². The van der Waals surface area contributed by atoms with Crippen molar-refractivity contribution >= 4 is 0 Å². The Hall–Kier alpha value is -1.26. The maximum absolute atomic E-state index is 5.83. The van der Waals surface area contributed by atoms with Gasteiger partial charge in [0.05, 0.1) is 13.2 Å². The summed E-state index contributed by atoms with van der Waals surface area (Å²) in [4.78, 5) is 0. The van der Waals surface area contributed by atoms with E-state index in [-0.39, 0.29) is 6.04 Å². The molecule has 1 aliphatic carbocycles. The topological polar surface area (TPSA) is 56.5 Å². The van der Waals surface area contributed by atoms with Crippen LogP contribution in [0.2, 0.25) is 0 Å². The summed E-state index contributed by atoms with van der Waals surface area (Å²) in [6.45, 7) is 3.77. The highest BCUT2D eigenvalue weighted by Crippen LogP contribution is 2.41. The number of rotatable bonds is 3. The van der Waals surface area contributed by atoms with Crippen molar-refractivity contribution in [3.63, 3.8) is 0 Å². The van der Waals surface area contributed by atoms with E-state index in [2.05, 4.69) is 24.5 Å². The molecule has 1 aliphatic heterocycles. The molecule has 3 N–H and O–H groups in total. The van der Waals surface area contributed by atoms with E-state index in [0.717, 1.165) is 31.1 Å². The van der Waals surface area contributed by atoms with Gasteiger partial charge in [0.2, 0.25) is 0 Å². The second-order valence-electron chi connectivity index (χ2n) is 5.97. The molecule has 3 rings (SSSR count). The molecule has 0 bridgehead atoms. The Balaban J connectivity index is 1.86. The number of hydrogen-bond donors (Lipinski definition) is 2. The van der Waals surface area contributed by atoms with Crippen molar-refractivity contribution in [2.24, 2.45) is 17.7 Å². The van der Waals surface area contributed by atoms with Gasteiger partial charge in [-0.1, -0.05) is 25.8 Å². The third-order valence-corrected chi connectivity index (χ3v) is 4.67. The van der Waals surface area contributed by atoms with Crippen LogP contribution in [0.5, 0.6) is 11.5 Å². The van der Waals surface area contributed by atoms with E-state index >= 15 is 0 Å². The van der Waals surface area contributed by atoms with Crippen LogP contribution in [-0.4, -0.2) is 13.2 Å². The molecule has 2 aliphatic rings. The van der Waals surface area contributed by atoms with E-state index in [4.69, 9.17) is 15.3 Å². The monoisotopic (exact) mass is 276 g/mol. The van der Waals surface area contributed by atoms with Gasteiger partial charge in [-0.2, -0.15) is 0 Å². The minimum atomic E-state index is 0.199. The number of hydrogen-bond acceptors (Lipinski definition) is 4. The second-order valence-corrected chi connectivity index (χ2v) is 5.97. The van der Waals surface area contributed by atoms with Crippen molar-refractivity contribution in [1.82, 2.24) is 5.43 Å². The molecule has 0 spiro atoms. The summed E-state index contributed by atoms with van der Waals surface area (Å²) < 4.78 is 11.5. The summed E-state index contributed by atoms with van der Waals surface area (Å²) in [5, 5.41) is 0. The van der Waals surface area contributed by atoms with Crippen LogP contribution >= 0.6 is 0 Å². The zero-order chi connectivity index (χ0) is 13.9. The van der Waals surface area contributed by atoms with Crippen molar-refractivity contribution in [2.75, 3.05) is 13.2 Å². The molecular formula is C16H24N2O2. The lowest BCUT2D eigenvalue weighted by atomic mass is 9.86. The molecule has 1 fully saturated rings. The van der Waals surface area contributed by atoms with Gasteiger partial charge < -0.3 is 9.47 Å². The molecule has 4 nitrogen and oxygen atoms in total. The molecule has 0 amide bonds. The predicted octanol–water partition coefficient (Wildman–Crippen LogP) is 2.79. The summed E-state index contributed by atoms with van der Waals surface area (Å²) in [5.74, 6) is 8.85. The van der Waals surface area contributed by atoms with Crippen LogP contribution in [-0.2, 0) is 0 Å². The fourth-order valence-electron chi connectivity index (χ4n) is 3.51. The van der Waals surface area contributed by atoms with Crippen molar-refractivity contribution in [1.29, 1.82) is 0 Å². The predicted molar refractivity (Wildman–Crippen MR) is 78.6 cm³/mol. The number of nitrogens with two attached hydrogens (primary N) is 1. The number of fused-ring (bicyclic) bond motifs is 1. The summed E-state index contributed by atoms with van der Waals surface area (Å²) >= 11 is 0. The van der Waals surface area contributed by atoms with E-state index < -0.39 is 0 Å². The minimum absolute atomic E-state index is 0.199. The van der Waals surface area contributed by atoms with Crippen LogP contribution in [0, 0.1) is 11.8 Å². The highest BCUT2D eigenvalue weighted by atomic mass is 16.5. The Morgan fingerprint density at radius 3 is 2.65 bits per heavy atom. The first-order chi connectivity index (χ1) is 9.79. The SMILES string of the molecule is CC1CCCC1C(NN)c1ccc2c(c1)OCCCO2. The van der Waals surface area contributed by atoms with Gasteiger partial charge in [0.15, 0.2) is 11.5 Å². The lowest BCUT2D eigenvalue weighted by Crippen LogP contribution is -2.34. The Kier molecular flexibility index (Phi) is 4.13. The first-order valence-corrected chi connectivity index (χ1v) is 7.65. The molecule has 1 aromatic rings. The lowest BCUT2D eigenvalue weighted by Gasteiger charge is -2.27. The minimum Gasteiger partial charge on any atom is -0.490 e. The molecule has 0 aromatic heterocycles. The standard InChI is InChI=1S/C16H24N2O2/c1-11-4-2-5-13(11)16(18-17)12-6-7-14-15(10-12)20-9-3-8-19-14/h6-7,10-11,13,16,18H,2-5,8-9,17H2,1H3. The maximum atomic E-state index is 5.83. The average molecular weight is 276 g/mol. The van der Waals surface area contributed by atoms with E-state index in [9.17, 15) is 0 Å². The normalized spacial score (nSPS) is 27.1. The second kappa shape index (κ2) is 6.02. The van der Waals surface area contributed by atoms with Crippen molar-refractivity contribution < 1.29 is 9.47 Å².